The number of carboxylic acids is 1. The predicted octanol–water partition coefficient (Wildman–Crippen LogP) is 2.68. The maximum atomic E-state index is 13.1. The molecule has 106 valence electrons. The highest BCUT2D eigenvalue weighted by atomic mass is 32.1. The molecule has 0 spiro atoms. The molecule has 7 heteroatoms. The van der Waals surface area contributed by atoms with E-state index in [1.807, 2.05) is 0 Å². The van der Waals surface area contributed by atoms with Crippen LogP contribution in [0, 0.1) is 5.82 Å². The van der Waals surface area contributed by atoms with Gasteiger partial charge in [-0.2, -0.15) is 0 Å². The minimum atomic E-state index is -0.993. The maximum Gasteiger partial charge on any atom is 0.346 e. The van der Waals surface area contributed by atoms with E-state index in [9.17, 15) is 14.0 Å². The van der Waals surface area contributed by atoms with Crippen LogP contribution in [0.4, 0.5) is 4.39 Å². The van der Waals surface area contributed by atoms with Crippen molar-refractivity contribution in [1.82, 2.24) is 4.98 Å². The van der Waals surface area contributed by atoms with Crippen molar-refractivity contribution < 1.29 is 18.7 Å². The second kappa shape index (κ2) is 5.10. The van der Waals surface area contributed by atoms with E-state index >= 15 is 0 Å². The first-order valence-electron chi connectivity index (χ1n) is 5.93. The minimum Gasteiger partial charge on any atom is -0.481 e. The largest absolute Gasteiger partial charge is 0.481 e. The number of aromatic nitrogens is 1. The van der Waals surface area contributed by atoms with E-state index in [1.54, 1.807) is 11.4 Å². The number of nitrogens with zero attached hydrogens (tertiary/aromatic N) is 1. The van der Waals surface area contributed by atoms with Crippen LogP contribution in [0.2, 0.25) is 0 Å². The summed E-state index contributed by atoms with van der Waals surface area (Å²) >= 11 is 1.16. The summed E-state index contributed by atoms with van der Waals surface area (Å²) in [6, 6.07) is 5.47. The highest BCUT2D eigenvalue weighted by Gasteiger charge is 2.13. The molecule has 3 aromatic rings. The molecule has 0 aliphatic rings. The van der Waals surface area contributed by atoms with Crippen LogP contribution >= 0.6 is 11.3 Å². The van der Waals surface area contributed by atoms with E-state index in [-0.39, 0.29) is 17.6 Å². The number of hydrogen-bond acceptors (Lipinski definition) is 5. The van der Waals surface area contributed by atoms with Gasteiger partial charge in [0.15, 0.2) is 0 Å². The van der Waals surface area contributed by atoms with Crippen LogP contribution in [0.25, 0.3) is 21.5 Å². The lowest BCUT2D eigenvalue weighted by Gasteiger charge is -1.99. The number of fused-ring (bicyclic) bond motifs is 1. The number of aliphatic carboxylic acids is 1. The third-order valence-electron chi connectivity index (χ3n) is 2.81. The van der Waals surface area contributed by atoms with Gasteiger partial charge in [0.2, 0.25) is 0 Å². The van der Waals surface area contributed by atoms with Crippen LogP contribution in [0.15, 0.2) is 38.9 Å². The van der Waals surface area contributed by atoms with Gasteiger partial charge < -0.3 is 9.52 Å². The van der Waals surface area contributed by atoms with Crippen molar-refractivity contribution in [3.63, 3.8) is 0 Å². The summed E-state index contributed by atoms with van der Waals surface area (Å²) in [7, 11) is 0. The van der Waals surface area contributed by atoms with Crippen LogP contribution in [0.1, 0.15) is 5.69 Å². The number of benzene rings is 1. The molecule has 2 aromatic heterocycles. The van der Waals surface area contributed by atoms with Gasteiger partial charge in [-0.05, 0) is 18.2 Å². The molecule has 0 unspecified atom stereocenters. The SMILES string of the molecule is O=C(O)Cc1csc(-c2cc3ccc(F)cc3oc2=O)n1. The van der Waals surface area contributed by atoms with Gasteiger partial charge in [-0.1, -0.05) is 0 Å². The van der Waals surface area contributed by atoms with Crippen LogP contribution in [-0.4, -0.2) is 16.1 Å². The number of thiazole rings is 1. The van der Waals surface area contributed by atoms with Gasteiger partial charge in [0, 0.05) is 16.8 Å². The van der Waals surface area contributed by atoms with Gasteiger partial charge >= 0.3 is 11.6 Å². The molecule has 0 fully saturated rings. The molecule has 0 amide bonds. The highest BCUT2D eigenvalue weighted by Crippen LogP contribution is 2.24. The Hall–Kier alpha value is -2.54. The Kier molecular flexibility index (Phi) is 3.26. The molecular formula is C14H8FNO4S. The molecular weight excluding hydrogens is 297 g/mol. The molecule has 0 radical (unpaired) electrons. The number of carboxylic acid groups (broad SMARTS) is 1. The van der Waals surface area contributed by atoms with Crippen LogP contribution in [0.3, 0.4) is 0 Å². The molecule has 21 heavy (non-hydrogen) atoms. The standard InChI is InChI=1S/C14H8FNO4S/c15-8-2-1-7-3-10(14(19)20-11(7)4-8)13-16-9(6-21-13)5-12(17)18/h1-4,6H,5H2,(H,17,18). The third kappa shape index (κ3) is 2.68. The molecule has 2 heterocycles. The van der Waals surface area contributed by atoms with Crippen LogP contribution in [0.5, 0.6) is 0 Å². The zero-order valence-electron chi connectivity index (χ0n) is 10.5. The molecule has 5 nitrogen and oxygen atoms in total. The van der Waals surface area contributed by atoms with E-state index in [2.05, 4.69) is 4.98 Å². The van der Waals surface area contributed by atoms with Crippen LogP contribution in [-0.2, 0) is 11.2 Å². The molecule has 0 atom stereocenters. The van der Waals surface area contributed by atoms with E-state index in [4.69, 9.17) is 9.52 Å². The summed E-state index contributed by atoms with van der Waals surface area (Å²) < 4.78 is 18.2. The molecule has 1 aromatic carbocycles. The van der Waals surface area contributed by atoms with E-state index in [0.29, 0.717) is 16.1 Å². The lowest BCUT2D eigenvalue weighted by Crippen LogP contribution is -2.03. The summed E-state index contributed by atoms with van der Waals surface area (Å²) in [6.07, 6.45) is -0.208. The highest BCUT2D eigenvalue weighted by molar-refractivity contribution is 7.13. The molecule has 3 rings (SSSR count). The predicted molar refractivity (Wildman–Crippen MR) is 74.9 cm³/mol. The van der Waals surface area contributed by atoms with Crippen molar-refractivity contribution >= 4 is 28.3 Å². The Balaban J connectivity index is 2.09. The number of halogens is 1. The number of rotatable bonds is 3. The van der Waals surface area contributed by atoms with Crippen molar-refractivity contribution in [2.75, 3.05) is 0 Å². The quantitative estimate of drug-likeness (QED) is 0.752. The average molecular weight is 305 g/mol. The van der Waals surface area contributed by atoms with E-state index in [0.717, 1.165) is 17.4 Å². The first-order valence-corrected chi connectivity index (χ1v) is 6.81. The fourth-order valence-electron chi connectivity index (χ4n) is 1.90. The zero-order valence-corrected chi connectivity index (χ0v) is 11.3. The second-order valence-electron chi connectivity index (χ2n) is 4.34. The molecule has 0 aliphatic carbocycles. The smallest absolute Gasteiger partial charge is 0.346 e. The first-order chi connectivity index (χ1) is 10.0. The first kappa shape index (κ1) is 13.4. The third-order valence-corrected chi connectivity index (χ3v) is 3.74. The Morgan fingerprint density at radius 1 is 1.38 bits per heavy atom. The summed E-state index contributed by atoms with van der Waals surface area (Å²) in [5, 5.41) is 11.2. The molecule has 0 saturated heterocycles. The number of hydrogen-bond donors (Lipinski definition) is 1. The maximum absolute atomic E-state index is 13.1. The van der Waals surface area contributed by atoms with Crippen LogP contribution < -0.4 is 5.63 Å². The topological polar surface area (TPSA) is 80.4 Å². The van der Waals surface area contributed by atoms with Crippen molar-refractivity contribution in [2.45, 2.75) is 6.42 Å². The van der Waals surface area contributed by atoms with Crippen molar-refractivity contribution in [3.8, 4) is 10.6 Å². The fraction of sp³-hybridized carbons (Fsp3) is 0.0714. The Labute approximate surface area is 121 Å². The number of carbonyl (C=O) groups is 1. The summed E-state index contributed by atoms with van der Waals surface area (Å²) in [6.45, 7) is 0. The van der Waals surface area contributed by atoms with Crippen molar-refractivity contribution in [2.24, 2.45) is 0 Å². The Bertz CT molecular complexity index is 899. The molecule has 0 bridgehead atoms. The summed E-state index contributed by atoms with van der Waals surface area (Å²) in [5.41, 5.74) is 0.132. The molecule has 1 N–H and O–H groups in total. The van der Waals surface area contributed by atoms with Gasteiger partial charge in [0.1, 0.15) is 16.4 Å². The van der Waals surface area contributed by atoms with Gasteiger partial charge in [0.25, 0.3) is 0 Å². The Morgan fingerprint density at radius 3 is 2.95 bits per heavy atom. The van der Waals surface area contributed by atoms with Crippen molar-refractivity contribution in [3.05, 3.63) is 51.6 Å². The van der Waals surface area contributed by atoms with Gasteiger partial charge in [-0.3, -0.25) is 4.79 Å². The Morgan fingerprint density at radius 2 is 2.19 bits per heavy atom. The average Bonchev–Trinajstić information content (AvgIpc) is 2.85. The van der Waals surface area contributed by atoms with Crippen molar-refractivity contribution in [1.29, 1.82) is 0 Å². The summed E-state index contributed by atoms with van der Waals surface area (Å²) in [5.74, 6) is -1.48. The second-order valence-corrected chi connectivity index (χ2v) is 5.20. The molecule has 0 saturated carbocycles. The summed E-state index contributed by atoms with van der Waals surface area (Å²) in [4.78, 5) is 26.7. The lowest BCUT2D eigenvalue weighted by molar-refractivity contribution is -0.136. The fourth-order valence-corrected chi connectivity index (χ4v) is 2.72. The zero-order chi connectivity index (χ0) is 15.0. The lowest BCUT2D eigenvalue weighted by atomic mass is 10.2. The van der Waals surface area contributed by atoms with Gasteiger partial charge in [-0.15, -0.1) is 11.3 Å². The molecule has 0 aliphatic heterocycles. The van der Waals surface area contributed by atoms with E-state index < -0.39 is 17.4 Å². The monoisotopic (exact) mass is 305 g/mol. The minimum absolute atomic E-state index is 0.158. The van der Waals surface area contributed by atoms with Gasteiger partial charge in [0.05, 0.1) is 17.7 Å². The van der Waals surface area contributed by atoms with E-state index in [1.165, 1.54) is 12.1 Å². The van der Waals surface area contributed by atoms with Gasteiger partial charge in [-0.25, -0.2) is 14.2 Å². The normalized spacial score (nSPS) is 10.9.